The number of carbonyl (C=O) groups is 2. The van der Waals surface area contributed by atoms with Gasteiger partial charge in [-0.25, -0.2) is 0 Å². The van der Waals surface area contributed by atoms with Crippen LogP contribution in [0.1, 0.15) is 52.9 Å². The van der Waals surface area contributed by atoms with E-state index < -0.39 is 17.4 Å². The fourth-order valence-corrected chi connectivity index (χ4v) is 1.84. The van der Waals surface area contributed by atoms with Crippen molar-refractivity contribution in [2.45, 2.75) is 59.0 Å². The summed E-state index contributed by atoms with van der Waals surface area (Å²) in [6.45, 7) is 5.53. The van der Waals surface area contributed by atoms with Gasteiger partial charge < -0.3 is 20.3 Å². The molecule has 6 nitrogen and oxygen atoms in total. The Morgan fingerprint density at radius 1 is 1.20 bits per heavy atom. The van der Waals surface area contributed by atoms with Gasteiger partial charge in [-0.1, -0.05) is 45.1 Å². The molecule has 0 rings (SSSR count). The summed E-state index contributed by atoms with van der Waals surface area (Å²) in [7, 11) is 0. The van der Waals surface area contributed by atoms with Crippen molar-refractivity contribution in [2.75, 3.05) is 19.8 Å². The maximum atomic E-state index is 11.7. The van der Waals surface area contributed by atoms with Crippen LogP contribution in [-0.4, -0.2) is 48.0 Å². The van der Waals surface area contributed by atoms with Gasteiger partial charge in [-0.05, 0) is 25.7 Å². The molecule has 0 aromatic heterocycles. The molecule has 0 bridgehead atoms. The predicted octanol–water partition coefficient (Wildman–Crippen LogP) is 2.11. The second-order valence-corrected chi connectivity index (χ2v) is 6.54. The van der Waals surface area contributed by atoms with Gasteiger partial charge in [0.05, 0.1) is 13.2 Å². The van der Waals surface area contributed by atoms with Gasteiger partial charge in [0, 0.05) is 18.4 Å². The van der Waals surface area contributed by atoms with Crippen molar-refractivity contribution < 1.29 is 24.5 Å². The van der Waals surface area contributed by atoms with Gasteiger partial charge in [0.15, 0.2) is 0 Å². The van der Waals surface area contributed by atoms with Gasteiger partial charge >= 0.3 is 5.97 Å². The highest BCUT2D eigenvalue weighted by Gasteiger charge is 2.32. The standard InChI is InChI=1S/C19H33NO5/c1-4-5-6-7-8-9-10-12-16(22)25-14-11-13-20-18(24)17(23)19(2,3)15-21/h5-6,8-9,17,21,23H,4,7,10-15H2,1-3H3,(H,20,24). The number of amides is 1. The largest absolute Gasteiger partial charge is 0.466 e. The molecule has 0 aliphatic carbocycles. The van der Waals surface area contributed by atoms with Crippen molar-refractivity contribution >= 4 is 11.9 Å². The number of rotatable bonds is 13. The molecule has 0 aromatic carbocycles. The molecule has 0 aliphatic heterocycles. The van der Waals surface area contributed by atoms with E-state index in [9.17, 15) is 14.7 Å². The molecule has 0 aromatic rings. The van der Waals surface area contributed by atoms with Crippen LogP contribution in [0.5, 0.6) is 0 Å². The van der Waals surface area contributed by atoms with Crippen molar-refractivity contribution in [1.29, 1.82) is 0 Å². The van der Waals surface area contributed by atoms with E-state index in [2.05, 4.69) is 24.4 Å². The maximum absolute atomic E-state index is 11.7. The number of nitrogens with one attached hydrogen (secondary N) is 1. The molecular formula is C19H33NO5. The minimum Gasteiger partial charge on any atom is -0.466 e. The van der Waals surface area contributed by atoms with Crippen LogP contribution >= 0.6 is 0 Å². The van der Waals surface area contributed by atoms with E-state index in [0.717, 1.165) is 12.8 Å². The Morgan fingerprint density at radius 3 is 2.52 bits per heavy atom. The minimum absolute atomic E-state index is 0.224. The van der Waals surface area contributed by atoms with Crippen LogP contribution < -0.4 is 5.32 Å². The van der Waals surface area contributed by atoms with Crippen LogP contribution in [-0.2, 0) is 14.3 Å². The first kappa shape index (κ1) is 23.3. The lowest BCUT2D eigenvalue weighted by atomic mass is 9.87. The van der Waals surface area contributed by atoms with Crippen molar-refractivity contribution in [3.63, 3.8) is 0 Å². The number of hydrogen-bond acceptors (Lipinski definition) is 5. The molecular weight excluding hydrogens is 322 g/mol. The van der Waals surface area contributed by atoms with Crippen LogP contribution in [0.25, 0.3) is 0 Å². The molecule has 3 N–H and O–H groups in total. The molecule has 1 unspecified atom stereocenters. The number of carbonyl (C=O) groups excluding carboxylic acids is 2. The van der Waals surface area contributed by atoms with Crippen LogP contribution in [0.2, 0.25) is 0 Å². The van der Waals surface area contributed by atoms with E-state index in [1.165, 1.54) is 0 Å². The maximum Gasteiger partial charge on any atom is 0.306 e. The first-order valence-electron chi connectivity index (χ1n) is 8.87. The summed E-state index contributed by atoms with van der Waals surface area (Å²) in [5.41, 5.74) is -0.892. The SMILES string of the molecule is CCC=CCC=CCCC(=O)OCCCNC(=O)C(O)C(C)(C)CO. The lowest BCUT2D eigenvalue weighted by molar-refractivity contribution is -0.143. The summed E-state index contributed by atoms with van der Waals surface area (Å²) in [5.74, 6) is -0.797. The van der Waals surface area contributed by atoms with Gasteiger partial charge in [0.2, 0.25) is 5.91 Å². The summed E-state index contributed by atoms with van der Waals surface area (Å²) in [6, 6.07) is 0. The quantitative estimate of drug-likeness (QED) is 0.267. The molecule has 0 heterocycles. The Morgan fingerprint density at radius 2 is 1.88 bits per heavy atom. The van der Waals surface area contributed by atoms with Gasteiger partial charge in [-0.3, -0.25) is 9.59 Å². The predicted molar refractivity (Wildman–Crippen MR) is 97.9 cm³/mol. The molecule has 0 spiro atoms. The van der Waals surface area contributed by atoms with Crippen molar-refractivity contribution in [3.8, 4) is 0 Å². The lowest BCUT2D eigenvalue weighted by Crippen LogP contribution is -2.45. The number of aliphatic hydroxyl groups excluding tert-OH is 2. The number of hydrogen-bond donors (Lipinski definition) is 3. The summed E-state index contributed by atoms with van der Waals surface area (Å²) >= 11 is 0. The molecule has 0 fully saturated rings. The van der Waals surface area contributed by atoms with E-state index >= 15 is 0 Å². The molecule has 0 saturated heterocycles. The molecule has 144 valence electrons. The Hall–Kier alpha value is -1.66. The van der Waals surface area contributed by atoms with Gasteiger partial charge in [-0.2, -0.15) is 0 Å². The highest BCUT2D eigenvalue weighted by molar-refractivity contribution is 5.81. The lowest BCUT2D eigenvalue weighted by Gasteiger charge is -2.27. The Labute approximate surface area is 151 Å². The van der Waals surface area contributed by atoms with Gasteiger partial charge in [0.1, 0.15) is 6.10 Å². The monoisotopic (exact) mass is 355 g/mol. The topological polar surface area (TPSA) is 95.9 Å². The normalized spacial score (nSPS) is 13.3. The molecule has 0 aliphatic rings. The number of aliphatic hydroxyl groups is 2. The van der Waals surface area contributed by atoms with Crippen LogP contribution in [0.15, 0.2) is 24.3 Å². The number of allylic oxidation sites excluding steroid dienone is 4. The number of esters is 1. The fraction of sp³-hybridized carbons (Fsp3) is 0.684. The van der Waals surface area contributed by atoms with Gasteiger partial charge in [-0.15, -0.1) is 0 Å². The number of ether oxygens (including phenoxy) is 1. The van der Waals surface area contributed by atoms with E-state index in [4.69, 9.17) is 9.84 Å². The van der Waals surface area contributed by atoms with Crippen molar-refractivity contribution in [2.24, 2.45) is 5.41 Å². The summed E-state index contributed by atoms with van der Waals surface area (Å²) in [5, 5.41) is 21.5. The molecule has 0 radical (unpaired) electrons. The smallest absolute Gasteiger partial charge is 0.306 e. The average Bonchev–Trinajstić information content (AvgIpc) is 2.59. The third kappa shape index (κ3) is 11.5. The third-order valence-corrected chi connectivity index (χ3v) is 3.64. The fourth-order valence-electron chi connectivity index (χ4n) is 1.84. The Bertz CT molecular complexity index is 443. The van der Waals surface area contributed by atoms with E-state index in [-0.39, 0.29) is 19.2 Å². The first-order chi connectivity index (χ1) is 11.8. The van der Waals surface area contributed by atoms with Crippen molar-refractivity contribution in [3.05, 3.63) is 24.3 Å². The van der Waals surface area contributed by atoms with E-state index in [1.54, 1.807) is 13.8 Å². The molecule has 0 saturated carbocycles. The van der Waals surface area contributed by atoms with Crippen molar-refractivity contribution in [1.82, 2.24) is 5.32 Å². The molecule has 1 amide bonds. The highest BCUT2D eigenvalue weighted by Crippen LogP contribution is 2.19. The average molecular weight is 355 g/mol. The minimum atomic E-state index is -1.28. The zero-order valence-corrected chi connectivity index (χ0v) is 15.7. The summed E-state index contributed by atoms with van der Waals surface area (Å²) in [6.07, 6.45) is 10.3. The Kier molecular flexibility index (Phi) is 12.7. The third-order valence-electron chi connectivity index (χ3n) is 3.64. The Balaban J connectivity index is 3.72. The van der Waals surface area contributed by atoms with Crippen LogP contribution in [0, 0.1) is 5.41 Å². The van der Waals surface area contributed by atoms with E-state index in [1.807, 2.05) is 12.2 Å². The van der Waals surface area contributed by atoms with E-state index in [0.29, 0.717) is 25.8 Å². The molecule has 25 heavy (non-hydrogen) atoms. The highest BCUT2D eigenvalue weighted by atomic mass is 16.5. The van der Waals surface area contributed by atoms with Crippen LogP contribution in [0.4, 0.5) is 0 Å². The first-order valence-corrected chi connectivity index (χ1v) is 8.87. The second kappa shape index (κ2) is 13.6. The molecule has 6 heteroatoms. The van der Waals surface area contributed by atoms with Gasteiger partial charge in [0.25, 0.3) is 0 Å². The summed E-state index contributed by atoms with van der Waals surface area (Å²) in [4.78, 5) is 23.3. The summed E-state index contributed by atoms with van der Waals surface area (Å²) < 4.78 is 5.08. The molecule has 1 atom stereocenters. The zero-order valence-electron chi connectivity index (χ0n) is 15.7. The second-order valence-electron chi connectivity index (χ2n) is 6.54. The zero-order chi connectivity index (χ0) is 19.1. The van der Waals surface area contributed by atoms with Crippen LogP contribution in [0.3, 0.4) is 0 Å².